The number of anilines is 6. The van der Waals surface area contributed by atoms with E-state index in [2.05, 4.69) is 26.6 Å². The van der Waals surface area contributed by atoms with Crippen molar-refractivity contribution in [2.24, 2.45) is 5.73 Å². The topological polar surface area (TPSA) is 195 Å². The maximum Gasteiger partial charge on any atom is 0.416 e. The minimum Gasteiger partial charge on any atom is -0.478 e. The predicted molar refractivity (Wildman–Crippen MR) is 270 cm³/mol. The van der Waals surface area contributed by atoms with Crippen molar-refractivity contribution in [3.05, 3.63) is 210 Å². The zero-order valence-corrected chi connectivity index (χ0v) is 40.3. The zero-order chi connectivity index (χ0) is 53.2. The summed E-state index contributed by atoms with van der Waals surface area (Å²) in [6, 6.07) is 33.6. The van der Waals surface area contributed by atoms with Gasteiger partial charge in [0.25, 0.3) is 11.8 Å². The Kier molecular flexibility index (Phi) is 18.0. The van der Waals surface area contributed by atoms with Crippen molar-refractivity contribution in [2.75, 3.05) is 21.3 Å². The number of benzene rings is 7. The van der Waals surface area contributed by atoms with Crippen molar-refractivity contribution in [2.45, 2.75) is 32.0 Å². The SMILES string of the molecule is NCc1ccc(Nc2ccc(C(F)(F)F)cc2NC(=O)c2cc(Cl)c(Cl)cc2C(=O)O)cc1.O=C(O)c1cc(Cl)c(Cl)cc1C(=O)Nc1cc(C(F)(F)F)ccc1Nc1ccc(CNCc2ccccc2)cc1. The van der Waals surface area contributed by atoms with Crippen LogP contribution < -0.4 is 32.3 Å². The molecule has 7 aromatic rings. The standard InChI is InChI=1S/C29H22Cl2F3N3O3.C22H16Cl2F3N3O3/c30-23-13-21(22(28(39)40)14-24(23)31)27(38)37-26-12-19(29(32,33)34)8-11-25(26)36-20-9-6-18(7-10-20)16-35-15-17-4-2-1-3-5-17;23-16-8-14(15(21(32)33)9-17(16)24)20(31)30-19-7-12(22(25,26)27)3-6-18(19)29-13-4-1-11(10-28)2-5-13/h1-14,35-36H,15-16H2,(H,37,38)(H,39,40);1-9,29H,10,28H2,(H,30,31)(H,32,33). The van der Waals surface area contributed by atoms with E-state index in [-0.39, 0.29) is 54.0 Å². The highest BCUT2D eigenvalue weighted by Crippen LogP contribution is 2.38. The van der Waals surface area contributed by atoms with Crippen molar-refractivity contribution >= 4 is 104 Å². The first-order chi connectivity index (χ1) is 34.5. The van der Waals surface area contributed by atoms with Crippen LogP contribution in [0.25, 0.3) is 0 Å². The predicted octanol–water partition coefficient (Wildman–Crippen LogP) is 14.2. The van der Waals surface area contributed by atoms with Crippen LogP contribution in [0.5, 0.6) is 0 Å². The van der Waals surface area contributed by atoms with Crippen LogP contribution in [0.3, 0.4) is 0 Å². The number of aromatic carboxylic acids is 2. The molecule has 0 fully saturated rings. The maximum atomic E-state index is 13.5. The van der Waals surface area contributed by atoms with Crippen molar-refractivity contribution in [3.63, 3.8) is 0 Å². The molecule has 0 atom stereocenters. The minimum atomic E-state index is -4.68. The number of alkyl halides is 6. The highest BCUT2D eigenvalue weighted by atomic mass is 35.5. The number of hydrogen-bond donors (Lipinski definition) is 8. The number of amides is 2. The number of nitrogens with one attached hydrogen (secondary N) is 5. The third-order valence-electron chi connectivity index (χ3n) is 10.5. The summed E-state index contributed by atoms with van der Waals surface area (Å²) >= 11 is 23.6. The van der Waals surface area contributed by atoms with Gasteiger partial charge in [-0.25, -0.2) is 9.59 Å². The van der Waals surface area contributed by atoms with E-state index in [0.29, 0.717) is 31.0 Å². The molecule has 378 valence electrons. The number of carbonyl (C=O) groups is 4. The third-order valence-corrected chi connectivity index (χ3v) is 11.9. The van der Waals surface area contributed by atoms with Crippen molar-refractivity contribution in [1.82, 2.24) is 5.32 Å². The van der Waals surface area contributed by atoms with Crippen LogP contribution in [0, 0.1) is 0 Å². The Morgan fingerprint density at radius 2 is 0.808 bits per heavy atom. The number of carboxylic acids is 2. The van der Waals surface area contributed by atoms with Crippen LogP contribution >= 0.6 is 46.4 Å². The number of carbonyl (C=O) groups excluding carboxylic acids is 2. The summed E-state index contributed by atoms with van der Waals surface area (Å²) < 4.78 is 80.2. The molecule has 0 aromatic heterocycles. The van der Waals surface area contributed by atoms with Gasteiger partial charge in [0.15, 0.2) is 0 Å². The lowest BCUT2D eigenvalue weighted by atomic mass is 10.1. The van der Waals surface area contributed by atoms with Crippen LogP contribution in [0.15, 0.2) is 140 Å². The number of carboxylic acid groups (broad SMARTS) is 2. The van der Waals surface area contributed by atoms with Gasteiger partial charge in [-0.3, -0.25) is 9.59 Å². The molecule has 0 heterocycles. The zero-order valence-electron chi connectivity index (χ0n) is 37.3. The summed E-state index contributed by atoms with van der Waals surface area (Å²) in [6.07, 6.45) is -9.35. The lowest BCUT2D eigenvalue weighted by Gasteiger charge is -2.17. The molecular weight excluding hydrogens is 1050 g/mol. The summed E-state index contributed by atoms with van der Waals surface area (Å²) in [4.78, 5) is 49.1. The van der Waals surface area contributed by atoms with Gasteiger partial charge in [0, 0.05) is 31.0 Å². The number of hydrogen-bond acceptors (Lipinski definition) is 8. The van der Waals surface area contributed by atoms with Gasteiger partial charge in [0.05, 0.1) is 76.2 Å². The van der Waals surface area contributed by atoms with Gasteiger partial charge in [-0.05, 0) is 102 Å². The van der Waals surface area contributed by atoms with E-state index in [1.807, 2.05) is 42.5 Å². The molecule has 7 rings (SSSR count). The fourth-order valence-corrected chi connectivity index (χ4v) is 7.41. The Hall–Kier alpha value is -7.32. The molecule has 0 aliphatic carbocycles. The molecule has 0 saturated heterocycles. The molecule has 22 heteroatoms. The number of rotatable bonds is 15. The summed E-state index contributed by atoms with van der Waals surface area (Å²) in [7, 11) is 0. The molecule has 73 heavy (non-hydrogen) atoms. The molecule has 9 N–H and O–H groups in total. The molecule has 0 spiro atoms. The van der Waals surface area contributed by atoms with E-state index in [4.69, 9.17) is 52.1 Å². The Balaban J connectivity index is 0.000000243. The molecular formula is C51H38Cl4F6N6O6. The Labute approximate surface area is 432 Å². The van der Waals surface area contributed by atoms with Gasteiger partial charge in [0.1, 0.15) is 0 Å². The monoisotopic (exact) mass is 1080 g/mol. The first-order valence-electron chi connectivity index (χ1n) is 21.2. The third kappa shape index (κ3) is 14.9. The second kappa shape index (κ2) is 23.9. The van der Waals surface area contributed by atoms with Crippen LogP contribution in [-0.4, -0.2) is 34.0 Å². The second-order valence-corrected chi connectivity index (χ2v) is 17.2. The van der Waals surface area contributed by atoms with Gasteiger partial charge >= 0.3 is 24.3 Å². The van der Waals surface area contributed by atoms with Crippen molar-refractivity contribution in [1.29, 1.82) is 0 Å². The first kappa shape index (κ1) is 55.0. The second-order valence-electron chi connectivity index (χ2n) is 15.6. The minimum absolute atomic E-state index is 0.0856. The van der Waals surface area contributed by atoms with Crippen LogP contribution in [-0.2, 0) is 32.0 Å². The fraction of sp³-hybridized carbons (Fsp3) is 0.0980. The van der Waals surface area contributed by atoms with Crippen LogP contribution in [0.1, 0.15) is 69.2 Å². The molecule has 0 radical (unpaired) electrons. The number of nitrogens with two attached hydrogens (primary N) is 1. The van der Waals surface area contributed by atoms with E-state index < -0.39 is 58.4 Å². The Bertz CT molecular complexity index is 3170. The van der Waals surface area contributed by atoms with E-state index in [1.54, 1.807) is 36.4 Å². The average Bonchev–Trinajstić information content (AvgIpc) is 3.34. The summed E-state index contributed by atoms with van der Waals surface area (Å²) in [6.45, 7) is 1.61. The molecule has 0 aliphatic rings. The van der Waals surface area contributed by atoms with Gasteiger partial charge in [-0.2, -0.15) is 26.3 Å². The summed E-state index contributed by atoms with van der Waals surface area (Å²) in [5, 5.41) is 32.5. The lowest BCUT2D eigenvalue weighted by molar-refractivity contribution is -0.138. The molecule has 0 saturated carbocycles. The highest BCUT2D eigenvalue weighted by Gasteiger charge is 2.33. The van der Waals surface area contributed by atoms with Crippen LogP contribution in [0.2, 0.25) is 20.1 Å². The quantitative estimate of drug-likeness (QED) is 0.0458. The first-order valence-corrected chi connectivity index (χ1v) is 22.7. The van der Waals surface area contributed by atoms with Gasteiger partial charge < -0.3 is 42.5 Å². The van der Waals surface area contributed by atoms with E-state index >= 15 is 0 Å². The lowest BCUT2D eigenvalue weighted by Crippen LogP contribution is -2.18. The molecule has 0 bridgehead atoms. The molecule has 2 amide bonds. The molecule has 7 aromatic carbocycles. The summed E-state index contributed by atoms with van der Waals surface area (Å²) in [5.74, 6) is -4.87. The van der Waals surface area contributed by atoms with Crippen molar-refractivity contribution < 1.29 is 55.7 Å². The van der Waals surface area contributed by atoms with Crippen LogP contribution in [0.4, 0.5) is 60.5 Å². The largest absolute Gasteiger partial charge is 0.478 e. The van der Waals surface area contributed by atoms with E-state index in [1.165, 1.54) is 6.07 Å². The fourth-order valence-electron chi connectivity index (χ4n) is 6.76. The Morgan fingerprint density at radius 1 is 0.452 bits per heavy atom. The molecule has 0 aliphatic heterocycles. The van der Waals surface area contributed by atoms with E-state index in [9.17, 15) is 55.7 Å². The van der Waals surface area contributed by atoms with E-state index in [0.717, 1.165) is 71.3 Å². The molecule has 12 nitrogen and oxygen atoms in total. The molecule has 0 unspecified atom stereocenters. The normalized spacial score (nSPS) is 11.2. The average molecular weight is 1090 g/mol. The van der Waals surface area contributed by atoms with Crippen molar-refractivity contribution in [3.8, 4) is 0 Å². The highest BCUT2D eigenvalue weighted by molar-refractivity contribution is 6.43. The number of halogens is 10. The van der Waals surface area contributed by atoms with Gasteiger partial charge in [0.2, 0.25) is 0 Å². The Morgan fingerprint density at radius 3 is 1.16 bits per heavy atom. The summed E-state index contributed by atoms with van der Waals surface area (Å²) in [5.41, 5.74) is 5.86. The maximum absolute atomic E-state index is 13.5. The van der Waals surface area contributed by atoms with Gasteiger partial charge in [-0.1, -0.05) is 101 Å². The smallest absolute Gasteiger partial charge is 0.416 e. The van der Waals surface area contributed by atoms with Gasteiger partial charge in [-0.15, -0.1) is 0 Å².